The zero-order chi connectivity index (χ0) is 21.7. The second-order valence-corrected chi connectivity index (χ2v) is 7.99. The highest BCUT2D eigenvalue weighted by Crippen LogP contribution is 2.15. The zero-order valence-electron chi connectivity index (χ0n) is 18.1. The van der Waals surface area contributed by atoms with Crippen LogP contribution in [0.2, 0.25) is 0 Å². The predicted octanol–water partition coefficient (Wildman–Crippen LogP) is 3.38. The Balaban J connectivity index is 1.53. The molecule has 3 aromatic rings. The molecule has 3 rings (SSSR count). The van der Waals surface area contributed by atoms with Gasteiger partial charge in [-0.15, -0.1) is 22.0 Å². The first-order chi connectivity index (χ1) is 15.3. The molecule has 0 unspecified atom stereocenters. The summed E-state index contributed by atoms with van der Waals surface area (Å²) in [5.41, 5.74) is 1.13. The van der Waals surface area contributed by atoms with Crippen LogP contribution < -0.4 is 15.4 Å². The fourth-order valence-electron chi connectivity index (χ4n) is 2.96. The van der Waals surface area contributed by atoms with Gasteiger partial charge in [0.25, 0.3) is 0 Å². The van der Waals surface area contributed by atoms with Gasteiger partial charge in [-0.05, 0) is 29.8 Å². The van der Waals surface area contributed by atoms with E-state index in [2.05, 4.69) is 56.6 Å². The van der Waals surface area contributed by atoms with E-state index >= 15 is 0 Å². The molecule has 1 aromatic heterocycles. The average Bonchev–Trinajstić information content (AvgIpc) is 3.28. The third-order valence-electron chi connectivity index (χ3n) is 4.64. The predicted molar refractivity (Wildman–Crippen MR) is 127 cm³/mol. The van der Waals surface area contributed by atoms with Crippen molar-refractivity contribution in [3.8, 4) is 5.75 Å². The van der Waals surface area contributed by atoms with E-state index < -0.39 is 0 Å². The highest BCUT2D eigenvalue weighted by atomic mass is 32.2. The number of aliphatic imine (C=N–C) groups is 1. The molecule has 2 N–H and O–H groups in total. The number of benzene rings is 2. The minimum absolute atomic E-state index is 0.595. The Morgan fingerprint density at radius 3 is 2.58 bits per heavy atom. The van der Waals surface area contributed by atoms with E-state index in [1.54, 1.807) is 13.4 Å². The van der Waals surface area contributed by atoms with Crippen molar-refractivity contribution in [2.45, 2.75) is 31.3 Å². The normalized spacial score (nSPS) is 11.4. The first kappa shape index (κ1) is 22.7. The van der Waals surface area contributed by atoms with Gasteiger partial charge in [0, 0.05) is 36.7 Å². The van der Waals surface area contributed by atoms with Crippen LogP contribution in [-0.4, -0.2) is 46.7 Å². The van der Waals surface area contributed by atoms with Crippen molar-refractivity contribution in [3.05, 3.63) is 72.3 Å². The molecule has 0 saturated heterocycles. The molecule has 0 aliphatic carbocycles. The summed E-state index contributed by atoms with van der Waals surface area (Å²) in [7, 11) is 1.67. The van der Waals surface area contributed by atoms with Crippen LogP contribution in [0.25, 0.3) is 0 Å². The van der Waals surface area contributed by atoms with Gasteiger partial charge in [-0.1, -0.05) is 37.3 Å². The number of guanidine groups is 1. The second kappa shape index (κ2) is 12.6. The van der Waals surface area contributed by atoms with E-state index in [0.717, 1.165) is 54.9 Å². The number of aryl methyl sites for hydroxylation is 1. The van der Waals surface area contributed by atoms with E-state index in [0.29, 0.717) is 6.54 Å². The fraction of sp³-hybridized carbons (Fsp3) is 0.348. The summed E-state index contributed by atoms with van der Waals surface area (Å²) in [6.45, 7) is 5.03. The summed E-state index contributed by atoms with van der Waals surface area (Å²) in [4.78, 5) is 6.03. The van der Waals surface area contributed by atoms with Gasteiger partial charge in [-0.3, -0.25) is 0 Å². The molecule has 0 radical (unpaired) electrons. The summed E-state index contributed by atoms with van der Waals surface area (Å²) in [5, 5.41) is 15.0. The van der Waals surface area contributed by atoms with Gasteiger partial charge in [-0.25, -0.2) is 4.99 Å². The highest BCUT2D eigenvalue weighted by Gasteiger charge is 2.03. The SMILES string of the molecule is CCc1nncn1CCNC(=NCc1ccc(OC)cc1)NCCSc1ccccc1. The average molecular weight is 439 g/mol. The Kier molecular flexibility index (Phi) is 9.25. The third kappa shape index (κ3) is 7.64. The topological polar surface area (TPSA) is 76.4 Å². The van der Waals surface area contributed by atoms with Crippen molar-refractivity contribution in [1.82, 2.24) is 25.4 Å². The molecule has 0 aliphatic heterocycles. The third-order valence-corrected chi connectivity index (χ3v) is 5.66. The smallest absolute Gasteiger partial charge is 0.191 e. The molecule has 0 atom stereocenters. The number of nitrogens with zero attached hydrogens (tertiary/aromatic N) is 4. The Bertz CT molecular complexity index is 927. The van der Waals surface area contributed by atoms with Crippen LogP contribution in [0.4, 0.5) is 0 Å². The van der Waals surface area contributed by atoms with Crippen molar-refractivity contribution in [2.75, 3.05) is 26.0 Å². The molecule has 0 aliphatic rings. The molecular weight excluding hydrogens is 408 g/mol. The lowest BCUT2D eigenvalue weighted by Crippen LogP contribution is -2.40. The maximum absolute atomic E-state index is 5.23. The molecule has 0 saturated carbocycles. The fourth-order valence-corrected chi connectivity index (χ4v) is 3.75. The van der Waals surface area contributed by atoms with Crippen molar-refractivity contribution in [3.63, 3.8) is 0 Å². The van der Waals surface area contributed by atoms with Gasteiger partial charge in [0.1, 0.15) is 17.9 Å². The lowest BCUT2D eigenvalue weighted by Gasteiger charge is -2.13. The van der Waals surface area contributed by atoms with Gasteiger partial charge >= 0.3 is 0 Å². The maximum atomic E-state index is 5.23. The van der Waals surface area contributed by atoms with Gasteiger partial charge in [0.15, 0.2) is 5.96 Å². The lowest BCUT2D eigenvalue weighted by molar-refractivity contribution is 0.414. The minimum atomic E-state index is 0.595. The number of methoxy groups -OCH3 is 1. The van der Waals surface area contributed by atoms with Crippen molar-refractivity contribution in [2.24, 2.45) is 4.99 Å². The van der Waals surface area contributed by atoms with Crippen LogP contribution in [0.5, 0.6) is 5.75 Å². The minimum Gasteiger partial charge on any atom is -0.497 e. The monoisotopic (exact) mass is 438 g/mol. The number of thioether (sulfide) groups is 1. The van der Waals surface area contributed by atoms with Crippen molar-refractivity contribution >= 4 is 17.7 Å². The lowest BCUT2D eigenvalue weighted by atomic mass is 10.2. The highest BCUT2D eigenvalue weighted by molar-refractivity contribution is 7.99. The Hall–Kier alpha value is -3.00. The molecule has 7 nitrogen and oxygen atoms in total. The molecule has 1 heterocycles. The first-order valence-electron chi connectivity index (χ1n) is 10.5. The van der Waals surface area contributed by atoms with E-state index in [4.69, 9.17) is 9.73 Å². The zero-order valence-corrected chi connectivity index (χ0v) is 18.9. The summed E-state index contributed by atoms with van der Waals surface area (Å²) in [6, 6.07) is 18.4. The number of hydrogen-bond donors (Lipinski definition) is 2. The quantitative estimate of drug-likeness (QED) is 0.207. The van der Waals surface area contributed by atoms with Crippen LogP contribution in [-0.2, 0) is 19.5 Å². The van der Waals surface area contributed by atoms with Gasteiger partial charge < -0.3 is 19.9 Å². The van der Waals surface area contributed by atoms with E-state index in [1.165, 1.54) is 4.90 Å². The van der Waals surface area contributed by atoms with Crippen molar-refractivity contribution < 1.29 is 4.74 Å². The summed E-state index contributed by atoms with van der Waals surface area (Å²) in [5.74, 6) is 3.60. The number of nitrogens with one attached hydrogen (secondary N) is 2. The molecule has 8 heteroatoms. The summed E-state index contributed by atoms with van der Waals surface area (Å²) in [6.07, 6.45) is 2.64. The number of hydrogen-bond acceptors (Lipinski definition) is 5. The molecule has 0 amide bonds. The van der Waals surface area contributed by atoms with E-state index in [1.807, 2.05) is 42.1 Å². The van der Waals surface area contributed by atoms with Crippen molar-refractivity contribution in [1.29, 1.82) is 0 Å². The molecular formula is C23H30N6OS. The number of rotatable bonds is 11. The summed E-state index contributed by atoms with van der Waals surface area (Å²) >= 11 is 1.83. The van der Waals surface area contributed by atoms with Crippen LogP contribution in [0.1, 0.15) is 18.3 Å². The Morgan fingerprint density at radius 2 is 1.84 bits per heavy atom. The maximum Gasteiger partial charge on any atom is 0.191 e. The summed E-state index contributed by atoms with van der Waals surface area (Å²) < 4.78 is 7.30. The Labute approximate surface area is 188 Å². The van der Waals surface area contributed by atoms with E-state index in [-0.39, 0.29) is 0 Å². The number of aromatic nitrogens is 3. The second-order valence-electron chi connectivity index (χ2n) is 6.82. The molecule has 0 spiro atoms. The van der Waals surface area contributed by atoms with Gasteiger partial charge in [0.2, 0.25) is 0 Å². The molecule has 164 valence electrons. The molecule has 2 aromatic carbocycles. The molecule has 31 heavy (non-hydrogen) atoms. The van der Waals surface area contributed by atoms with Gasteiger partial charge in [0.05, 0.1) is 13.7 Å². The van der Waals surface area contributed by atoms with Gasteiger partial charge in [-0.2, -0.15) is 0 Å². The number of ether oxygens (including phenoxy) is 1. The largest absolute Gasteiger partial charge is 0.497 e. The standard InChI is InChI=1S/C23H30N6OS/c1-3-22-28-27-18-29(22)15-13-24-23(25-14-16-31-21-7-5-4-6-8-21)26-17-19-9-11-20(30-2)12-10-19/h4-12,18H,3,13-17H2,1-2H3,(H2,24,25,26). The molecule has 0 fully saturated rings. The van der Waals surface area contributed by atoms with E-state index in [9.17, 15) is 0 Å². The van der Waals surface area contributed by atoms with Crippen LogP contribution in [0.3, 0.4) is 0 Å². The molecule has 0 bridgehead atoms. The van der Waals surface area contributed by atoms with Crippen LogP contribution >= 0.6 is 11.8 Å². The first-order valence-corrected chi connectivity index (χ1v) is 11.5. The Morgan fingerprint density at radius 1 is 1.06 bits per heavy atom. The van der Waals surface area contributed by atoms with Crippen LogP contribution in [0, 0.1) is 0 Å². The van der Waals surface area contributed by atoms with Crippen LogP contribution in [0.15, 0.2) is 70.8 Å².